The van der Waals surface area contributed by atoms with Gasteiger partial charge in [0.15, 0.2) is 11.6 Å². The lowest BCUT2D eigenvalue weighted by atomic mass is 9.98. The minimum atomic E-state index is -0.470. The molecule has 0 saturated carbocycles. The number of allylic oxidation sites excluding steroid dienone is 1. The number of anilines is 1. The van der Waals surface area contributed by atoms with Crippen molar-refractivity contribution in [2.45, 2.75) is 6.42 Å². The molecule has 0 spiro atoms. The minimum Gasteiger partial charge on any atom is -0.493 e. The number of aromatic nitrogens is 3. The van der Waals surface area contributed by atoms with Gasteiger partial charge in [-0.05, 0) is 35.4 Å². The Hall–Kier alpha value is -3.81. The lowest BCUT2D eigenvalue weighted by molar-refractivity contribution is 0.415. The summed E-state index contributed by atoms with van der Waals surface area (Å²) in [5.41, 5.74) is 9.62. The second-order valence-electron chi connectivity index (χ2n) is 6.17. The first-order valence-electron chi connectivity index (χ1n) is 8.47. The number of H-pyrrole nitrogens is 1. The molecule has 1 aliphatic heterocycles. The van der Waals surface area contributed by atoms with E-state index >= 15 is 0 Å². The maximum absolute atomic E-state index is 13.3. The molecular weight excluding hydrogens is 361 g/mol. The van der Waals surface area contributed by atoms with Crippen molar-refractivity contribution in [2.24, 2.45) is 4.99 Å². The second-order valence-corrected chi connectivity index (χ2v) is 6.17. The van der Waals surface area contributed by atoms with Crippen LogP contribution in [0.5, 0.6) is 5.75 Å². The SMILES string of the molecule is COc1cc(C2=C(c3ccnc(=O)[nH]3)N=C(c3ccc(F)cc3)C2)cnc1N. The summed E-state index contributed by atoms with van der Waals surface area (Å²) >= 11 is 0. The van der Waals surface area contributed by atoms with E-state index in [2.05, 4.69) is 15.0 Å². The number of ether oxygens (including phenoxy) is 1. The average molecular weight is 377 g/mol. The van der Waals surface area contributed by atoms with E-state index in [0.29, 0.717) is 23.6 Å². The summed E-state index contributed by atoms with van der Waals surface area (Å²) < 4.78 is 18.6. The molecule has 0 bridgehead atoms. The Kier molecular flexibility index (Phi) is 4.44. The third kappa shape index (κ3) is 3.27. The van der Waals surface area contributed by atoms with E-state index in [0.717, 1.165) is 22.4 Å². The summed E-state index contributed by atoms with van der Waals surface area (Å²) in [6.07, 6.45) is 3.53. The number of aromatic amines is 1. The molecule has 28 heavy (non-hydrogen) atoms. The monoisotopic (exact) mass is 377 g/mol. The summed E-state index contributed by atoms with van der Waals surface area (Å²) in [5.74, 6) is 0.410. The molecule has 8 heteroatoms. The van der Waals surface area contributed by atoms with Crippen LogP contribution in [0, 0.1) is 5.82 Å². The first kappa shape index (κ1) is 17.6. The van der Waals surface area contributed by atoms with Gasteiger partial charge in [-0.25, -0.2) is 24.1 Å². The van der Waals surface area contributed by atoms with Crippen LogP contribution in [-0.4, -0.2) is 27.8 Å². The summed E-state index contributed by atoms with van der Waals surface area (Å²) in [4.78, 5) is 27.0. The molecule has 0 saturated heterocycles. The molecule has 0 aliphatic carbocycles. The maximum atomic E-state index is 13.3. The van der Waals surface area contributed by atoms with Gasteiger partial charge in [0, 0.05) is 24.4 Å². The second kappa shape index (κ2) is 7.07. The molecule has 2 aromatic heterocycles. The maximum Gasteiger partial charge on any atom is 0.345 e. The predicted molar refractivity (Wildman–Crippen MR) is 104 cm³/mol. The zero-order valence-corrected chi connectivity index (χ0v) is 14.9. The summed E-state index contributed by atoms with van der Waals surface area (Å²) in [6, 6.07) is 9.57. The predicted octanol–water partition coefficient (Wildman–Crippen LogP) is 2.66. The molecule has 140 valence electrons. The number of pyridine rings is 1. The lowest BCUT2D eigenvalue weighted by Gasteiger charge is -2.09. The number of hydrogen-bond donors (Lipinski definition) is 2. The highest BCUT2D eigenvalue weighted by molar-refractivity contribution is 6.16. The van der Waals surface area contributed by atoms with Crippen LogP contribution in [0.3, 0.4) is 0 Å². The highest BCUT2D eigenvalue weighted by atomic mass is 19.1. The Bertz CT molecular complexity index is 1170. The standard InChI is InChI=1S/C20H16FN5O2/c1-28-17-8-12(10-24-19(17)22)14-9-16(11-2-4-13(21)5-3-11)25-18(14)15-6-7-23-20(27)26-15/h2-8,10H,9H2,1H3,(H2,22,24)(H,23,26,27). The van der Waals surface area contributed by atoms with Gasteiger partial charge in [0.1, 0.15) is 5.82 Å². The Balaban J connectivity index is 1.85. The Morgan fingerprint density at radius 1 is 1.14 bits per heavy atom. The van der Waals surface area contributed by atoms with Crippen LogP contribution >= 0.6 is 0 Å². The van der Waals surface area contributed by atoms with Crippen LogP contribution in [0.4, 0.5) is 10.2 Å². The van der Waals surface area contributed by atoms with E-state index in [4.69, 9.17) is 15.5 Å². The van der Waals surface area contributed by atoms with Gasteiger partial charge in [0.25, 0.3) is 0 Å². The lowest BCUT2D eigenvalue weighted by Crippen LogP contribution is -2.10. The van der Waals surface area contributed by atoms with Crippen LogP contribution in [0.1, 0.15) is 23.2 Å². The number of halogens is 1. The molecule has 3 heterocycles. The molecule has 0 amide bonds. The quantitative estimate of drug-likeness (QED) is 0.727. The Labute approximate surface area is 159 Å². The molecule has 4 rings (SSSR count). The van der Waals surface area contributed by atoms with Gasteiger partial charge in [-0.1, -0.05) is 12.1 Å². The van der Waals surface area contributed by atoms with Gasteiger partial charge >= 0.3 is 5.69 Å². The van der Waals surface area contributed by atoms with Crippen molar-refractivity contribution in [1.29, 1.82) is 0 Å². The fourth-order valence-corrected chi connectivity index (χ4v) is 3.05. The minimum absolute atomic E-state index is 0.281. The first-order valence-corrected chi connectivity index (χ1v) is 8.47. The van der Waals surface area contributed by atoms with Gasteiger partial charge in [0.05, 0.1) is 24.2 Å². The van der Waals surface area contributed by atoms with Crippen molar-refractivity contribution in [3.05, 3.63) is 81.9 Å². The van der Waals surface area contributed by atoms with Crippen LogP contribution in [0.25, 0.3) is 11.3 Å². The fraction of sp³-hybridized carbons (Fsp3) is 0.100. The molecule has 3 N–H and O–H groups in total. The van der Waals surface area contributed by atoms with Crippen LogP contribution in [0.15, 0.2) is 58.6 Å². The van der Waals surface area contributed by atoms with Crippen molar-refractivity contribution in [3.8, 4) is 5.75 Å². The van der Waals surface area contributed by atoms with E-state index in [1.807, 2.05) is 0 Å². The zero-order valence-electron chi connectivity index (χ0n) is 14.9. The first-order chi connectivity index (χ1) is 13.5. The highest BCUT2D eigenvalue weighted by Crippen LogP contribution is 2.37. The van der Waals surface area contributed by atoms with Gasteiger partial charge in [-0.15, -0.1) is 0 Å². The molecule has 1 aliphatic rings. The summed E-state index contributed by atoms with van der Waals surface area (Å²) in [7, 11) is 1.52. The van der Waals surface area contributed by atoms with Crippen LogP contribution < -0.4 is 16.2 Å². The van der Waals surface area contributed by atoms with Gasteiger partial charge in [-0.2, -0.15) is 0 Å². The van der Waals surface area contributed by atoms with Crippen molar-refractivity contribution in [3.63, 3.8) is 0 Å². The van der Waals surface area contributed by atoms with Crippen molar-refractivity contribution < 1.29 is 9.13 Å². The molecule has 0 radical (unpaired) electrons. The molecule has 1 aromatic carbocycles. The fourth-order valence-electron chi connectivity index (χ4n) is 3.05. The molecule has 0 fully saturated rings. The van der Waals surface area contributed by atoms with Gasteiger partial charge < -0.3 is 15.5 Å². The number of nitrogens with one attached hydrogen (secondary N) is 1. The average Bonchev–Trinajstić information content (AvgIpc) is 3.14. The number of rotatable bonds is 4. The smallest absolute Gasteiger partial charge is 0.345 e. The number of benzene rings is 1. The largest absolute Gasteiger partial charge is 0.493 e. The van der Waals surface area contributed by atoms with Gasteiger partial charge in [-0.3, -0.25) is 0 Å². The van der Waals surface area contributed by atoms with E-state index < -0.39 is 5.69 Å². The Morgan fingerprint density at radius 3 is 2.64 bits per heavy atom. The molecule has 3 aromatic rings. The number of hydrogen-bond acceptors (Lipinski definition) is 6. The zero-order chi connectivity index (χ0) is 19.7. The Morgan fingerprint density at radius 2 is 1.93 bits per heavy atom. The van der Waals surface area contributed by atoms with Crippen LogP contribution in [-0.2, 0) is 0 Å². The van der Waals surface area contributed by atoms with E-state index in [9.17, 15) is 9.18 Å². The number of aliphatic imine (C=N–C) groups is 1. The van der Waals surface area contributed by atoms with Crippen molar-refractivity contribution in [1.82, 2.24) is 15.0 Å². The molecule has 7 nitrogen and oxygen atoms in total. The molecule has 0 unspecified atom stereocenters. The van der Waals surface area contributed by atoms with Crippen molar-refractivity contribution in [2.75, 3.05) is 12.8 Å². The molecular formula is C20H16FN5O2. The number of nitrogens with two attached hydrogens (primary N) is 1. The van der Waals surface area contributed by atoms with Gasteiger partial charge in [0.2, 0.25) is 0 Å². The third-order valence-corrected chi connectivity index (χ3v) is 4.43. The van der Waals surface area contributed by atoms with E-state index in [1.54, 1.807) is 30.5 Å². The summed E-state index contributed by atoms with van der Waals surface area (Å²) in [5, 5.41) is 0. The topological polar surface area (TPSA) is 106 Å². The van der Waals surface area contributed by atoms with E-state index in [1.165, 1.54) is 25.4 Å². The molecule has 0 atom stereocenters. The van der Waals surface area contributed by atoms with Crippen molar-refractivity contribution >= 4 is 22.8 Å². The third-order valence-electron chi connectivity index (χ3n) is 4.43. The van der Waals surface area contributed by atoms with E-state index in [-0.39, 0.29) is 11.6 Å². The number of nitrogens with zero attached hydrogens (tertiary/aromatic N) is 3. The normalized spacial score (nSPS) is 13.6. The highest BCUT2D eigenvalue weighted by Gasteiger charge is 2.23. The van der Waals surface area contributed by atoms with Crippen LogP contribution in [0.2, 0.25) is 0 Å². The number of methoxy groups -OCH3 is 1. The summed E-state index contributed by atoms with van der Waals surface area (Å²) in [6.45, 7) is 0. The number of nitrogen functional groups attached to an aromatic ring is 1.